The van der Waals surface area contributed by atoms with Crippen LogP contribution in [0.5, 0.6) is 0 Å². The van der Waals surface area contributed by atoms with Gasteiger partial charge in [0.25, 0.3) is 0 Å². The smallest absolute Gasteiger partial charge is 0.104 e. The Labute approximate surface area is 67.8 Å². The van der Waals surface area contributed by atoms with Crippen LogP contribution in [0.3, 0.4) is 0 Å². The minimum absolute atomic E-state index is 0.0804. The number of allylic oxidation sites excluding steroid dienone is 4. The lowest BCUT2D eigenvalue weighted by Gasteiger charge is -2.17. The molecule has 0 N–H and O–H groups in total. The molecule has 0 spiro atoms. The summed E-state index contributed by atoms with van der Waals surface area (Å²) in [5.41, 5.74) is 2.05. The fourth-order valence-electron chi connectivity index (χ4n) is 1.52. The van der Waals surface area contributed by atoms with E-state index < -0.39 is 0 Å². The molecule has 0 amide bonds. The van der Waals surface area contributed by atoms with Gasteiger partial charge in [-0.1, -0.05) is 19.9 Å². The van der Waals surface area contributed by atoms with Crippen LogP contribution in [0.4, 0.5) is 4.39 Å². The molecule has 0 aliphatic heterocycles. The van der Waals surface area contributed by atoms with Gasteiger partial charge in [-0.15, -0.1) is 0 Å². The van der Waals surface area contributed by atoms with Crippen molar-refractivity contribution in [3.05, 3.63) is 23.0 Å². The summed E-state index contributed by atoms with van der Waals surface area (Å²) in [7, 11) is 0. The van der Waals surface area contributed by atoms with Crippen molar-refractivity contribution in [1.82, 2.24) is 0 Å². The van der Waals surface area contributed by atoms with E-state index >= 15 is 0 Å². The molecule has 11 heavy (non-hydrogen) atoms. The van der Waals surface area contributed by atoms with Crippen LogP contribution in [0.2, 0.25) is 0 Å². The molecule has 0 fully saturated rings. The Bertz CT molecular complexity index is 211. The number of halogens is 1. The second-order valence-electron chi connectivity index (χ2n) is 3.26. The molecule has 0 aromatic heterocycles. The number of hydrogen-bond acceptors (Lipinski definition) is 0. The van der Waals surface area contributed by atoms with Gasteiger partial charge in [0.05, 0.1) is 0 Å². The normalized spacial score (nSPS) is 25.5. The van der Waals surface area contributed by atoms with Gasteiger partial charge in [-0.3, -0.25) is 0 Å². The first kappa shape index (κ1) is 8.51. The first-order valence-corrected chi connectivity index (χ1v) is 4.21. The largest absolute Gasteiger partial charge is 0.212 e. The van der Waals surface area contributed by atoms with Gasteiger partial charge in [0, 0.05) is 6.42 Å². The van der Waals surface area contributed by atoms with Gasteiger partial charge in [-0.2, -0.15) is 0 Å². The lowest BCUT2D eigenvalue weighted by atomic mass is 9.90. The summed E-state index contributed by atoms with van der Waals surface area (Å²) in [4.78, 5) is 0. The standard InChI is InChI=1S/C10H15F/c1-4-9-5-7(2)6-10(11)8(9)3/h5,7H,4,6H2,1-3H3. The third-order valence-electron chi connectivity index (χ3n) is 2.26. The lowest BCUT2D eigenvalue weighted by molar-refractivity contribution is 0.520. The summed E-state index contributed by atoms with van der Waals surface area (Å²) in [5, 5.41) is 0. The average molecular weight is 154 g/mol. The van der Waals surface area contributed by atoms with Crippen molar-refractivity contribution < 1.29 is 4.39 Å². The molecule has 0 nitrogen and oxygen atoms in total. The second-order valence-corrected chi connectivity index (χ2v) is 3.26. The van der Waals surface area contributed by atoms with E-state index in [0.717, 1.165) is 12.0 Å². The fourth-order valence-corrected chi connectivity index (χ4v) is 1.52. The highest BCUT2D eigenvalue weighted by Crippen LogP contribution is 2.30. The van der Waals surface area contributed by atoms with Crippen molar-refractivity contribution in [3.63, 3.8) is 0 Å². The van der Waals surface area contributed by atoms with E-state index in [2.05, 4.69) is 19.9 Å². The molecule has 1 heteroatoms. The van der Waals surface area contributed by atoms with Gasteiger partial charge < -0.3 is 0 Å². The van der Waals surface area contributed by atoms with Crippen LogP contribution in [-0.4, -0.2) is 0 Å². The first-order chi connectivity index (χ1) is 5.15. The molecule has 0 radical (unpaired) electrons. The molecule has 1 unspecified atom stereocenters. The molecular weight excluding hydrogens is 139 g/mol. The summed E-state index contributed by atoms with van der Waals surface area (Å²) >= 11 is 0. The van der Waals surface area contributed by atoms with Gasteiger partial charge in [-0.05, 0) is 30.4 Å². The van der Waals surface area contributed by atoms with Crippen molar-refractivity contribution >= 4 is 0 Å². The Morgan fingerprint density at radius 3 is 2.82 bits per heavy atom. The Morgan fingerprint density at radius 2 is 2.27 bits per heavy atom. The van der Waals surface area contributed by atoms with Crippen molar-refractivity contribution in [2.45, 2.75) is 33.6 Å². The van der Waals surface area contributed by atoms with Crippen molar-refractivity contribution in [2.75, 3.05) is 0 Å². The highest BCUT2D eigenvalue weighted by Gasteiger charge is 2.14. The van der Waals surface area contributed by atoms with Gasteiger partial charge in [-0.25, -0.2) is 4.39 Å². The molecule has 62 valence electrons. The Hall–Kier alpha value is -0.590. The molecule has 1 atom stereocenters. The van der Waals surface area contributed by atoms with Crippen molar-refractivity contribution in [3.8, 4) is 0 Å². The topological polar surface area (TPSA) is 0 Å². The number of hydrogen-bond donors (Lipinski definition) is 0. The van der Waals surface area contributed by atoms with Crippen molar-refractivity contribution in [1.29, 1.82) is 0 Å². The minimum Gasteiger partial charge on any atom is -0.212 e. The SMILES string of the molecule is CCC1=CC(C)CC(F)=C1C. The number of rotatable bonds is 1. The highest BCUT2D eigenvalue weighted by molar-refractivity contribution is 5.34. The van der Waals surface area contributed by atoms with Crippen LogP contribution >= 0.6 is 0 Å². The second kappa shape index (κ2) is 3.21. The monoisotopic (exact) mass is 154 g/mol. The molecule has 0 saturated heterocycles. The minimum atomic E-state index is 0.0804. The third-order valence-corrected chi connectivity index (χ3v) is 2.26. The van der Waals surface area contributed by atoms with E-state index in [1.54, 1.807) is 0 Å². The van der Waals surface area contributed by atoms with Gasteiger partial charge >= 0.3 is 0 Å². The zero-order chi connectivity index (χ0) is 8.43. The molecule has 0 aromatic rings. The predicted molar refractivity (Wildman–Crippen MR) is 46.0 cm³/mol. The van der Waals surface area contributed by atoms with E-state index in [0.29, 0.717) is 12.3 Å². The lowest BCUT2D eigenvalue weighted by Crippen LogP contribution is -2.02. The fraction of sp³-hybridized carbons (Fsp3) is 0.600. The Morgan fingerprint density at radius 1 is 1.64 bits per heavy atom. The van der Waals surface area contributed by atoms with Gasteiger partial charge in [0.2, 0.25) is 0 Å². The Kier molecular flexibility index (Phi) is 2.48. The van der Waals surface area contributed by atoms with E-state index in [1.807, 2.05) is 6.92 Å². The van der Waals surface area contributed by atoms with Crippen LogP contribution in [0.1, 0.15) is 33.6 Å². The van der Waals surface area contributed by atoms with Crippen LogP contribution in [0.15, 0.2) is 23.0 Å². The van der Waals surface area contributed by atoms with E-state index in [9.17, 15) is 4.39 Å². The summed E-state index contributed by atoms with van der Waals surface area (Å²) < 4.78 is 13.1. The molecule has 1 aliphatic carbocycles. The van der Waals surface area contributed by atoms with E-state index in [4.69, 9.17) is 0 Å². The van der Waals surface area contributed by atoms with E-state index in [-0.39, 0.29) is 5.83 Å². The summed E-state index contributed by atoms with van der Waals surface area (Å²) in [6, 6.07) is 0. The Balaban J connectivity index is 2.90. The van der Waals surface area contributed by atoms with Crippen molar-refractivity contribution in [2.24, 2.45) is 5.92 Å². The summed E-state index contributed by atoms with van der Waals surface area (Å²) in [6.07, 6.45) is 3.72. The average Bonchev–Trinajstić information content (AvgIpc) is 1.96. The highest BCUT2D eigenvalue weighted by atomic mass is 19.1. The summed E-state index contributed by atoms with van der Waals surface area (Å²) in [6.45, 7) is 6.00. The molecule has 0 heterocycles. The zero-order valence-electron chi connectivity index (χ0n) is 7.45. The summed E-state index contributed by atoms with van der Waals surface area (Å²) in [5.74, 6) is 0.463. The molecule has 0 bridgehead atoms. The van der Waals surface area contributed by atoms with Crippen LogP contribution < -0.4 is 0 Å². The zero-order valence-corrected chi connectivity index (χ0v) is 7.45. The third kappa shape index (κ3) is 1.70. The molecular formula is C10H15F. The molecule has 1 rings (SSSR count). The molecule has 0 saturated carbocycles. The quantitative estimate of drug-likeness (QED) is 0.541. The van der Waals surface area contributed by atoms with Crippen LogP contribution in [0.25, 0.3) is 0 Å². The van der Waals surface area contributed by atoms with Crippen LogP contribution in [0, 0.1) is 5.92 Å². The maximum Gasteiger partial charge on any atom is 0.104 e. The van der Waals surface area contributed by atoms with Gasteiger partial charge in [0.1, 0.15) is 5.83 Å². The predicted octanol–water partition coefficient (Wildman–Crippen LogP) is 3.61. The van der Waals surface area contributed by atoms with E-state index in [1.165, 1.54) is 5.57 Å². The van der Waals surface area contributed by atoms with Gasteiger partial charge in [0.15, 0.2) is 0 Å². The maximum atomic E-state index is 13.1. The molecule has 1 aliphatic rings. The molecule has 0 aromatic carbocycles. The first-order valence-electron chi connectivity index (χ1n) is 4.21. The van der Waals surface area contributed by atoms with Crippen LogP contribution in [-0.2, 0) is 0 Å². The maximum absolute atomic E-state index is 13.1.